The van der Waals surface area contributed by atoms with Gasteiger partial charge in [-0.05, 0) is 30.3 Å². The van der Waals surface area contributed by atoms with Crippen molar-refractivity contribution in [2.45, 2.75) is 19.5 Å². The quantitative estimate of drug-likeness (QED) is 0.860. The second-order valence-corrected chi connectivity index (χ2v) is 5.68. The van der Waals surface area contributed by atoms with Gasteiger partial charge in [-0.15, -0.1) is 0 Å². The van der Waals surface area contributed by atoms with E-state index in [1.165, 1.54) is 24.3 Å². The summed E-state index contributed by atoms with van der Waals surface area (Å²) in [5.74, 6) is -1.09. The van der Waals surface area contributed by atoms with Gasteiger partial charge in [-0.1, -0.05) is 18.2 Å². The molecule has 0 spiro atoms. The molecule has 27 heavy (non-hydrogen) atoms. The van der Waals surface area contributed by atoms with E-state index >= 15 is 0 Å². The molecule has 0 aliphatic rings. The van der Waals surface area contributed by atoms with Crippen LogP contribution in [0.15, 0.2) is 48.5 Å². The minimum Gasteiger partial charge on any atom is -0.326 e. The summed E-state index contributed by atoms with van der Waals surface area (Å²) in [7, 11) is 0. The number of alkyl halides is 3. The molecule has 2 rings (SSSR count). The highest BCUT2D eigenvalue weighted by molar-refractivity contribution is 5.95. The van der Waals surface area contributed by atoms with Crippen molar-refractivity contribution in [2.75, 3.05) is 16.8 Å². The van der Waals surface area contributed by atoms with E-state index in [4.69, 9.17) is 5.26 Å². The summed E-state index contributed by atoms with van der Waals surface area (Å²) in [6.45, 7) is 0.924. The average Bonchev–Trinajstić information content (AvgIpc) is 2.61. The lowest BCUT2D eigenvalue weighted by molar-refractivity contribution is -0.137. The molecule has 0 aliphatic heterocycles. The molecule has 0 aromatic heterocycles. The van der Waals surface area contributed by atoms with Gasteiger partial charge in [0.15, 0.2) is 0 Å². The number of rotatable bonds is 5. The summed E-state index contributed by atoms with van der Waals surface area (Å²) in [5, 5.41) is 11.4. The minimum atomic E-state index is -4.62. The number of anilines is 2. The van der Waals surface area contributed by atoms with Crippen molar-refractivity contribution in [2.24, 2.45) is 0 Å². The number of halogens is 3. The zero-order chi connectivity index (χ0) is 20.0. The number of nitrogens with zero attached hydrogens (tertiary/aromatic N) is 2. The van der Waals surface area contributed by atoms with Crippen LogP contribution in [0.1, 0.15) is 24.5 Å². The molecule has 1 N–H and O–H groups in total. The average molecular weight is 375 g/mol. The fourth-order valence-corrected chi connectivity index (χ4v) is 2.50. The normalized spacial score (nSPS) is 10.8. The van der Waals surface area contributed by atoms with Crippen LogP contribution in [-0.2, 0) is 15.8 Å². The molecule has 8 heteroatoms. The van der Waals surface area contributed by atoms with E-state index in [1.807, 2.05) is 6.07 Å². The van der Waals surface area contributed by atoms with Gasteiger partial charge in [0.05, 0.1) is 22.9 Å². The summed E-state index contributed by atoms with van der Waals surface area (Å²) in [6, 6.07) is 12.9. The Hall–Kier alpha value is -3.34. The number of nitriles is 1. The van der Waals surface area contributed by atoms with E-state index in [-0.39, 0.29) is 18.7 Å². The number of carbonyl (C=O) groups excluding carboxylic acids is 2. The molecule has 140 valence electrons. The number of carbonyl (C=O) groups is 2. The van der Waals surface area contributed by atoms with Crippen LogP contribution < -0.4 is 10.2 Å². The molecule has 0 fully saturated rings. The molecule has 0 unspecified atom stereocenters. The van der Waals surface area contributed by atoms with Crippen LogP contribution in [0.5, 0.6) is 0 Å². The first-order valence-corrected chi connectivity index (χ1v) is 7.96. The lowest BCUT2D eigenvalue weighted by Gasteiger charge is -2.24. The van der Waals surface area contributed by atoms with Gasteiger partial charge in [0.25, 0.3) is 0 Å². The first-order chi connectivity index (χ1) is 12.7. The number of amides is 2. The number of hydrogen-bond acceptors (Lipinski definition) is 3. The molecule has 0 radical (unpaired) electrons. The third-order valence-electron chi connectivity index (χ3n) is 3.72. The van der Waals surface area contributed by atoms with Crippen molar-refractivity contribution < 1.29 is 22.8 Å². The third kappa shape index (κ3) is 5.31. The third-order valence-corrected chi connectivity index (χ3v) is 3.72. The molecule has 0 saturated heterocycles. The summed E-state index contributed by atoms with van der Waals surface area (Å²) in [5.41, 5.74) is -0.486. The summed E-state index contributed by atoms with van der Waals surface area (Å²) >= 11 is 0. The lowest BCUT2D eigenvalue weighted by atomic mass is 10.1. The first kappa shape index (κ1) is 20.0. The van der Waals surface area contributed by atoms with Gasteiger partial charge in [-0.3, -0.25) is 9.59 Å². The van der Waals surface area contributed by atoms with Gasteiger partial charge >= 0.3 is 6.18 Å². The number of nitrogens with one attached hydrogen (secondary N) is 1. The van der Waals surface area contributed by atoms with Crippen molar-refractivity contribution in [3.05, 3.63) is 59.7 Å². The van der Waals surface area contributed by atoms with Crippen LogP contribution in [0.3, 0.4) is 0 Å². The monoisotopic (exact) mass is 375 g/mol. The van der Waals surface area contributed by atoms with Crippen LogP contribution in [0, 0.1) is 11.3 Å². The van der Waals surface area contributed by atoms with E-state index in [2.05, 4.69) is 5.32 Å². The van der Waals surface area contributed by atoms with Gasteiger partial charge in [-0.2, -0.15) is 18.4 Å². The van der Waals surface area contributed by atoms with Crippen molar-refractivity contribution in [3.63, 3.8) is 0 Å². The largest absolute Gasteiger partial charge is 0.418 e. The maximum atomic E-state index is 13.2. The zero-order valence-corrected chi connectivity index (χ0v) is 14.4. The number of benzene rings is 2. The van der Waals surface area contributed by atoms with E-state index in [1.54, 1.807) is 18.2 Å². The number of para-hydroxylation sites is 1. The topological polar surface area (TPSA) is 73.2 Å². The van der Waals surface area contributed by atoms with Crippen molar-refractivity contribution in [1.82, 2.24) is 0 Å². The van der Waals surface area contributed by atoms with Crippen molar-refractivity contribution >= 4 is 23.2 Å². The van der Waals surface area contributed by atoms with E-state index in [9.17, 15) is 22.8 Å². The SMILES string of the molecule is CC(=O)N(CCC(=O)Nc1cccc(C#N)c1)c1ccccc1C(F)(F)F. The van der Waals surface area contributed by atoms with Gasteiger partial charge in [0.2, 0.25) is 11.8 Å². The second kappa shape index (κ2) is 8.36. The fourth-order valence-electron chi connectivity index (χ4n) is 2.50. The zero-order valence-electron chi connectivity index (χ0n) is 14.4. The van der Waals surface area contributed by atoms with E-state index in [0.29, 0.717) is 11.3 Å². The maximum absolute atomic E-state index is 13.2. The van der Waals surface area contributed by atoms with Crippen LogP contribution in [0.4, 0.5) is 24.5 Å². The summed E-state index contributed by atoms with van der Waals surface area (Å²) < 4.78 is 39.6. The van der Waals surface area contributed by atoms with E-state index < -0.39 is 23.6 Å². The molecular weight excluding hydrogens is 359 g/mol. The summed E-state index contributed by atoms with van der Waals surface area (Å²) in [4.78, 5) is 24.9. The van der Waals surface area contributed by atoms with Crippen LogP contribution >= 0.6 is 0 Å². The first-order valence-electron chi connectivity index (χ1n) is 7.96. The summed E-state index contributed by atoms with van der Waals surface area (Å²) in [6.07, 6.45) is -4.83. The van der Waals surface area contributed by atoms with Gasteiger partial charge < -0.3 is 10.2 Å². The Morgan fingerprint density at radius 1 is 1.15 bits per heavy atom. The molecule has 0 heterocycles. The van der Waals surface area contributed by atoms with Crippen LogP contribution in [0.2, 0.25) is 0 Å². The Bertz CT molecular complexity index is 888. The molecule has 0 aliphatic carbocycles. The molecule has 2 aromatic rings. The maximum Gasteiger partial charge on any atom is 0.418 e. The van der Waals surface area contributed by atoms with E-state index in [0.717, 1.165) is 17.9 Å². The molecule has 2 amide bonds. The highest BCUT2D eigenvalue weighted by Gasteiger charge is 2.35. The van der Waals surface area contributed by atoms with Crippen LogP contribution in [0.25, 0.3) is 0 Å². The Morgan fingerprint density at radius 2 is 1.85 bits per heavy atom. The van der Waals surface area contributed by atoms with Gasteiger partial charge in [0, 0.05) is 25.6 Å². The Kier molecular flexibility index (Phi) is 6.19. The molecule has 5 nitrogen and oxygen atoms in total. The second-order valence-electron chi connectivity index (χ2n) is 5.68. The van der Waals surface area contributed by atoms with Gasteiger partial charge in [-0.25, -0.2) is 0 Å². The van der Waals surface area contributed by atoms with Gasteiger partial charge in [0.1, 0.15) is 0 Å². The van der Waals surface area contributed by atoms with Crippen molar-refractivity contribution in [3.8, 4) is 6.07 Å². The predicted octanol–water partition coefficient (Wildman–Crippen LogP) is 3.96. The molecule has 0 atom stereocenters. The standard InChI is InChI=1S/C19H16F3N3O2/c1-13(26)25(17-8-3-2-7-16(17)19(20,21)22)10-9-18(27)24-15-6-4-5-14(11-15)12-23/h2-8,11H,9-10H2,1H3,(H,24,27). The highest BCUT2D eigenvalue weighted by atomic mass is 19.4. The Balaban J connectivity index is 2.13. The molecule has 2 aromatic carbocycles. The minimum absolute atomic E-state index is 0.206. The Labute approximate surface area is 154 Å². The number of hydrogen-bond donors (Lipinski definition) is 1. The fraction of sp³-hybridized carbons (Fsp3) is 0.211. The Morgan fingerprint density at radius 3 is 2.48 bits per heavy atom. The molecule has 0 saturated carbocycles. The smallest absolute Gasteiger partial charge is 0.326 e. The molecular formula is C19H16F3N3O2. The van der Waals surface area contributed by atoms with Crippen LogP contribution in [-0.4, -0.2) is 18.4 Å². The molecule has 0 bridgehead atoms. The predicted molar refractivity (Wildman–Crippen MR) is 93.9 cm³/mol. The highest BCUT2D eigenvalue weighted by Crippen LogP contribution is 2.36. The lowest BCUT2D eigenvalue weighted by Crippen LogP contribution is -2.33. The van der Waals surface area contributed by atoms with Crippen molar-refractivity contribution in [1.29, 1.82) is 5.26 Å².